The van der Waals surface area contributed by atoms with Crippen molar-refractivity contribution in [2.24, 2.45) is 0 Å². The van der Waals surface area contributed by atoms with Gasteiger partial charge in [-0.25, -0.2) is 0 Å². The lowest BCUT2D eigenvalue weighted by atomic mass is 10.0. The maximum Gasteiger partial charge on any atom is 0.306 e. The average Bonchev–Trinajstić information content (AvgIpc) is 3.30. The highest BCUT2D eigenvalue weighted by molar-refractivity contribution is 5.77. The quantitative estimate of drug-likeness (QED) is 0.0321. The van der Waals surface area contributed by atoms with E-state index in [2.05, 4.69) is 74.7 Å². The lowest BCUT2D eigenvalue weighted by Gasteiger charge is -2.24. The van der Waals surface area contributed by atoms with Gasteiger partial charge in [0, 0.05) is 6.42 Å². The van der Waals surface area contributed by atoms with E-state index in [4.69, 9.17) is 4.74 Å². The van der Waals surface area contributed by atoms with Gasteiger partial charge in [0.15, 0.2) is 0 Å². The lowest BCUT2D eigenvalue weighted by Crippen LogP contribution is -2.46. The van der Waals surface area contributed by atoms with E-state index < -0.39 is 18.2 Å². The number of carbonyl (C=O) groups excluding carboxylic acids is 2. The van der Waals surface area contributed by atoms with Crippen molar-refractivity contribution in [2.75, 3.05) is 6.61 Å². The molecule has 380 valence electrons. The molecule has 0 aromatic heterocycles. The summed E-state index contributed by atoms with van der Waals surface area (Å²) >= 11 is 0. The highest BCUT2D eigenvalue weighted by atomic mass is 16.5. The third-order valence-corrected chi connectivity index (χ3v) is 12.9. The second-order valence-electron chi connectivity index (χ2n) is 19.3. The molecule has 6 nitrogen and oxygen atoms in total. The molecule has 0 aromatic carbocycles. The molecule has 0 heterocycles. The van der Waals surface area contributed by atoms with Gasteiger partial charge >= 0.3 is 5.97 Å². The van der Waals surface area contributed by atoms with E-state index in [9.17, 15) is 19.8 Å². The molecule has 0 aliphatic heterocycles. The minimum Gasteiger partial charge on any atom is -0.462 e. The van der Waals surface area contributed by atoms with Gasteiger partial charge in [-0.3, -0.25) is 9.59 Å². The molecule has 6 heteroatoms. The average molecular weight is 913 g/mol. The third-order valence-electron chi connectivity index (χ3n) is 12.9. The summed E-state index contributed by atoms with van der Waals surface area (Å²) in [7, 11) is 0. The zero-order valence-corrected chi connectivity index (χ0v) is 43.4. The summed E-state index contributed by atoms with van der Waals surface area (Å²) in [5, 5.41) is 23.9. The Labute approximate surface area is 404 Å². The van der Waals surface area contributed by atoms with Gasteiger partial charge in [-0.2, -0.15) is 0 Å². The van der Waals surface area contributed by atoms with Crippen LogP contribution in [0.2, 0.25) is 0 Å². The topological polar surface area (TPSA) is 95.9 Å². The van der Waals surface area contributed by atoms with Crippen LogP contribution in [-0.4, -0.2) is 46.9 Å². The third kappa shape index (κ3) is 48.1. The highest BCUT2D eigenvalue weighted by Crippen LogP contribution is 2.18. The number of hydrogen-bond donors (Lipinski definition) is 3. The van der Waals surface area contributed by atoms with E-state index in [0.717, 1.165) is 89.9 Å². The number of ether oxygens (including phenoxy) is 1. The maximum absolute atomic E-state index is 13.3. The molecule has 3 unspecified atom stereocenters. The number of nitrogens with one attached hydrogen (secondary N) is 1. The Bertz CT molecular complexity index is 1110. The maximum atomic E-state index is 13.3. The van der Waals surface area contributed by atoms with E-state index in [1.807, 2.05) is 0 Å². The van der Waals surface area contributed by atoms with Crippen LogP contribution < -0.4 is 5.32 Å². The van der Waals surface area contributed by atoms with Crippen LogP contribution in [-0.2, 0) is 14.3 Å². The molecular formula is C59H109NO5. The number of amides is 1. The van der Waals surface area contributed by atoms with E-state index in [-0.39, 0.29) is 24.9 Å². The predicted molar refractivity (Wildman–Crippen MR) is 282 cm³/mol. The first-order chi connectivity index (χ1) is 32.0. The fourth-order valence-electron chi connectivity index (χ4n) is 8.62. The first-order valence-corrected chi connectivity index (χ1v) is 28.4. The molecule has 0 rings (SSSR count). The number of carbonyl (C=O) groups is 2. The summed E-state index contributed by atoms with van der Waals surface area (Å²) in [6, 6.07) is -0.709. The molecule has 1 amide bonds. The van der Waals surface area contributed by atoms with Crippen LogP contribution in [0.1, 0.15) is 290 Å². The molecule has 0 aliphatic rings. The van der Waals surface area contributed by atoms with E-state index in [1.165, 1.54) is 154 Å². The summed E-state index contributed by atoms with van der Waals surface area (Å²) in [5.41, 5.74) is 0. The van der Waals surface area contributed by atoms with Crippen LogP contribution in [0.3, 0.4) is 0 Å². The molecule has 0 saturated carbocycles. The number of unbranched alkanes of at least 4 members (excludes halogenated alkanes) is 31. The standard InChI is InChI=1S/C59H109NO5/c1-4-7-10-13-16-19-22-25-28-30-32-35-38-41-44-47-50-55(65-59(64)52-49-46-43-40-37-34-31-29-26-23-20-17-14-11-8-5-2)53-58(63)60-56(54-61)57(62)51-48-45-42-39-36-33-27-24-21-18-15-12-9-6-3/h8,11,17,20,26,29,32,35,55-57,61-62H,4-7,9-10,12-16,18-19,21-25,27-28,30-31,33-34,36-54H2,1-3H3,(H,60,63)/b11-8+,20-17+,29-26+,35-32+. The molecule has 3 N–H and O–H groups in total. The van der Waals surface area contributed by atoms with Crippen molar-refractivity contribution in [2.45, 2.75) is 309 Å². The first-order valence-electron chi connectivity index (χ1n) is 28.4. The SMILES string of the molecule is CC/C=C/C/C=C/C/C=C/CCCCCCCCC(=O)OC(CCCCC/C=C/CCCCCCCCCCC)CC(=O)NC(CO)C(O)CCCCCCCCCCCCCCCC. The smallest absolute Gasteiger partial charge is 0.306 e. The van der Waals surface area contributed by atoms with Gasteiger partial charge in [-0.1, -0.05) is 243 Å². The Morgan fingerprint density at radius 2 is 0.831 bits per heavy atom. The van der Waals surface area contributed by atoms with Crippen LogP contribution in [0.25, 0.3) is 0 Å². The number of aliphatic hydroxyl groups excluding tert-OH is 2. The van der Waals surface area contributed by atoms with E-state index in [0.29, 0.717) is 19.3 Å². The van der Waals surface area contributed by atoms with Crippen LogP contribution in [0, 0.1) is 0 Å². The van der Waals surface area contributed by atoms with Crippen molar-refractivity contribution in [3.8, 4) is 0 Å². The second-order valence-corrected chi connectivity index (χ2v) is 19.3. The van der Waals surface area contributed by atoms with E-state index in [1.54, 1.807) is 0 Å². The van der Waals surface area contributed by atoms with Gasteiger partial charge in [-0.15, -0.1) is 0 Å². The van der Waals surface area contributed by atoms with Gasteiger partial charge < -0.3 is 20.3 Å². The number of allylic oxidation sites excluding steroid dienone is 8. The van der Waals surface area contributed by atoms with Gasteiger partial charge in [0.2, 0.25) is 5.91 Å². The number of rotatable bonds is 51. The van der Waals surface area contributed by atoms with Crippen molar-refractivity contribution in [1.29, 1.82) is 0 Å². The van der Waals surface area contributed by atoms with Crippen molar-refractivity contribution >= 4 is 11.9 Å². The zero-order chi connectivity index (χ0) is 47.4. The molecule has 0 radical (unpaired) electrons. The largest absolute Gasteiger partial charge is 0.462 e. The fourth-order valence-corrected chi connectivity index (χ4v) is 8.62. The van der Waals surface area contributed by atoms with Crippen molar-refractivity contribution in [3.05, 3.63) is 48.6 Å². The number of aliphatic hydroxyl groups is 2. The minimum absolute atomic E-state index is 0.0630. The number of hydrogen-bond acceptors (Lipinski definition) is 5. The summed E-state index contributed by atoms with van der Waals surface area (Å²) < 4.78 is 5.95. The normalized spacial score (nSPS) is 13.5. The summed E-state index contributed by atoms with van der Waals surface area (Å²) in [4.78, 5) is 26.3. The molecular weight excluding hydrogens is 803 g/mol. The molecule has 0 fully saturated rings. The van der Waals surface area contributed by atoms with Crippen LogP contribution >= 0.6 is 0 Å². The minimum atomic E-state index is -0.794. The van der Waals surface area contributed by atoms with Crippen LogP contribution in [0.4, 0.5) is 0 Å². The molecule has 3 atom stereocenters. The van der Waals surface area contributed by atoms with Gasteiger partial charge in [0.1, 0.15) is 6.10 Å². The number of esters is 1. The molecule has 0 aliphatic carbocycles. The van der Waals surface area contributed by atoms with Crippen molar-refractivity contribution in [1.82, 2.24) is 5.32 Å². The Hall–Kier alpha value is -2.18. The van der Waals surface area contributed by atoms with Crippen LogP contribution in [0.15, 0.2) is 48.6 Å². The van der Waals surface area contributed by atoms with Crippen molar-refractivity contribution in [3.63, 3.8) is 0 Å². The molecule has 0 saturated heterocycles. The fraction of sp³-hybridized carbons (Fsp3) is 0.831. The molecule has 0 aromatic rings. The lowest BCUT2D eigenvalue weighted by molar-refractivity contribution is -0.151. The highest BCUT2D eigenvalue weighted by Gasteiger charge is 2.24. The Morgan fingerprint density at radius 1 is 0.462 bits per heavy atom. The second kappa shape index (κ2) is 52.8. The summed E-state index contributed by atoms with van der Waals surface area (Å²) in [5.74, 6) is -0.494. The summed E-state index contributed by atoms with van der Waals surface area (Å²) in [6.07, 6.45) is 64.6. The molecule has 0 bridgehead atoms. The molecule has 0 spiro atoms. The van der Waals surface area contributed by atoms with Gasteiger partial charge in [0.25, 0.3) is 0 Å². The predicted octanol–water partition coefficient (Wildman–Crippen LogP) is 17.4. The van der Waals surface area contributed by atoms with Gasteiger partial charge in [-0.05, 0) is 83.5 Å². The van der Waals surface area contributed by atoms with E-state index >= 15 is 0 Å². The molecule has 65 heavy (non-hydrogen) atoms. The van der Waals surface area contributed by atoms with Crippen molar-refractivity contribution < 1.29 is 24.5 Å². The Kier molecular flexibility index (Phi) is 51.0. The monoisotopic (exact) mass is 912 g/mol. The van der Waals surface area contributed by atoms with Crippen LogP contribution in [0.5, 0.6) is 0 Å². The summed E-state index contributed by atoms with van der Waals surface area (Å²) in [6.45, 7) is 6.39. The van der Waals surface area contributed by atoms with Gasteiger partial charge in [0.05, 0.1) is 25.2 Å². The first kappa shape index (κ1) is 62.8. The Morgan fingerprint density at radius 3 is 1.29 bits per heavy atom. The Balaban J connectivity index is 4.60. The zero-order valence-electron chi connectivity index (χ0n) is 43.4.